The monoisotopic (exact) mass is 316 g/mol. The van der Waals surface area contributed by atoms with E-state index < -0.39 is 18.5 Å². The van der Waals surface area contributed by atoms with E-state index in [1.807, 2.05) is 12.1 Å². The molecule has 1 aromatic carbocycles. The molecule has 1 heterocycles. The summed E-state index contributed by atoms with van der Waals surface area (Å²) in [5.74, 6) is -1.03. The van der Waals surface area contributed by atoms with Gasteiger partial charge in [0.15, 0.2) is 0 Å². The molecule has 2 N–H and O–H groups in total. The van der Waals surface area contributed by atoms with Crippen LogP contribution in [0.5, 0.6) is 0 Å². The number of nitrogens with one attached hydrogen (secondary N) is 1. The molecule has 2 rings (SSSR count). The highest BCUT2D eigenvalue weighted by molar-refractivity contribution is 5.76. The lowest BCUT2D eigenvalue weighted by Gasteiger charge is -2.18. The molecule has 7 heteroatoms. The third-order valence-corrected chi connectivity index (χ3v) is 3.60. The Morgan fingerprint density at radius 1 is 1.32 bits per heavy atom. The van der Waals surface area contributed by atoms with Gasteiger partial charge in [0.2, 0.25) is 5.91 Å². The molecule has 1 unspecified atom stereocenters. The number of hydrogen-bond acceptors (Lipinski definition) is 3. The Labute approximate surface area is 126 Å². The quantitative estimate of drug-likeness (QED) is 0.871. The average molecular weight is 316 g/mol. The van der Waals surface area contributed by atoms with Crippen LogP contribution in [0, 0.1) is 0 Å². The number of benzene rings is 1. The van der Waals surface area contributed by atoms with Crippen molar-refractivity contribution < 1.29 is 23.1 Å². The number of rotatable bonds is 5. The minimum atomic E-state index is -4.49. The summed E-state index contributed by atoms with van der Waals surface area (Å²) < 4.78 is 36.4. The van der Waals surface area contributed by atoms with Gasteiger partial charge in [-0.15, -0.1) is 0 Å². The number of alkyl halides is 3. The third-order valence-electron chi connectivity index (χ3n) is 3.60. The van der Waals surface area contributed by atoms with Crippen molar-refractivity contribution in [2.24, 2.45) is 0 Å². The maximum absolute atomic E-state index is 12.1. The molecular weight excluding hydrogens is 297 g/mol. The van der Waals surface area contributed by atoms with Crippen LogP contribution in [0.15, 0.2) is 24.3 Å². The summed E-state index contributed by atoms with van der Waals surface area (Å²) in [4.78, 5) is 13.3. The van der Waals surface area contributed by atoms with E-state index in [4.69, 9.17) is 0 Å². The molecule has 0 spiro atoms. The summed E-state index contributed by atoms with van der Waals surface area (Å²) in [5.41, 5.74) is 1.74. The second kappa shape index (κ2) is 7.11. The molecule has 1 fully saturated rings. The van der Waals surface area contributed by atoms with Crippen LogP contribution in [-0.4, -0.2) is 41.3 Å². The number of aliphatic hydroxyl groups is 1. The molecule has 0 aliphatic carbocycles. The summed E-state index contributed by atoms with van der Waals surface area (Å²) in [6.45, 7) is 2.06. The van der Waals surface area contributed by atoms with Crippen molar-refractivity contribution >= 4 is 5.91 Å². The van der Waals surface area contributed by atoms with Crippen LogP contribution in [0.25, 0.3) is 0 Å². The molecule has 1 saturated heterocycles. The van der Waals surface area contributed by atoms with Crippen LogP contribution in [0.3, 0.4) is 0 Å². The van der Waals surface area contributed by atoms with Crippen molar-refractivity contribution in [2.75, 3.05) is 13.1 Å². The Bertz CT molecular complexity index is 520. The second-order valence-electron chi connectivity index (χ2n) is 5.52. The fourth-order valence-corrected chi connectivity index (χ4v) is 2.52. The summed E-state index contributed by atoms with van der Waals surface area (Å²) in [6, 6.07) is 7.31. The van der Waals surface area contributed by atoms with Crippen LogP contribution in [0.4, 0.5) is 13.2 Å². The largest absolute Gasteiger partial charge is 0.397 e. The molecule has 1 atom stereocenters. The highest BCUT2D eigenvalue weighted by Crippen LogP contribution is 2.20. The first-order valence-corrected chi connectivity index (χ1v) is 7.14. The molecule has 0 bridgehead atoms. The molecule has 22 heavy (non-hydrogen) atoms. The molecule has 1 aliphatic rings. The smallest absolute Gasteiger partial charge is 0.392 e. The number of β-amino-alcohol motifs (C(OH)–C–C–N with tert-alkyl or cyclic N) is 1. The lowest BCUT2D eigenvalue weighted by Crippen LogP contribution is -2.29. The zero-order valence-electron chi connectivity index (χ0n) is 12.1. The van der Waals surface area contributed by atoms with Crippen LogP contribution in [-0.2, 0) is 17.9 Å². The molecule has 1 aromatic rings. The van der Waals surface area contributed by atoms with Gasteiger partial charge in [0.1, 0.15) is 6.42 Å². The van der Waals surface area contributed by atoms with E-state index in [1.54, 1.807) is 12.1 Å². The van der Waals surface area contributed by atoms with Gasteiger partial charge in [-0.2, -0.15) is 13.2 Å². The van der Waals surface area contributed by atoms with E-state index in [0.717, 1.165) is 24.1 Å². The van der Waals surface area contributed by atoms with Gasteiger partial charge in [0.25, 0.3) is 0 Å². The lowest BCUT2D eigenvalue weighted by molar-refractivity contribution is -0.153. The van der Waals surface area contributed by atoms with E-state index in [9.17, 15) is 23.1 Å². The van der Waals surface area contributed by atoms with Crippen LogP contribution in [0.1, 0.15) is 24.0 Å². The van der Waals surface area contributed by atoms with Gasteiger partial charge in [0.05, 0.1) is 6.10 Å². The molecule has 4 nitrogen and oxygen atoms in total. The van der Waals surface area contributed by atoms with Gasteiger partial charge in [-0.05, 0) is 17.5 Å². The molecule has 1 amide bonds. The number of aliphatic hydroxyl groups excluding tert-OH is 1. The first-order valence-electron chi connectivity index (χ1n) is 7.14. The normalized spacial score (nSPS) is 19.4. The highest BCUT2D eigenvalue weighted by atomic mass is 19.4. The van der Waals surface area contributed by atoms with Crippen molar-refractivity contribution in [1.29, 1.82) is 0 Å². The van der Waals surface area contributed by atoms with Crippen molar-refractivity contribution in [3.05, 3.63) is 35.4 Å². The summed E-state index contributed by atoms with van der Waals surface area (Å²) >= 11 is 0. The summed E-state index contributed by atoms with van der Waals surface area (Å²) in [5, 5.41) is 11.8. The fourth-order valence-electron chi connectivity index (χ4n) is 2.52. The van der Waals surface area contributed by atoms with Crippen LogP contribution < -0.4 is 5.32 Å². The Morgan fingerprint density at radius 2 is 2.00 bits per heavy atom. The highest BCUT2D eigenvalue weighted by Gasteiger charge is 2.31. The number of carbonyl (C=O) groups excluding carboxylic acids is 1. The van der Waals surface area contributed by atoms with Gasteiger partial charge >= 0.3 is 6.18 Å². The summed E-state index contributed by atoms with van der Waals surface area (Å²) in [6.07, 6.45) is -5.55. The van der Waals surface area contributed by atoms with Gasteiger partial charge in [0, 0.05) is 26.2 Å². The maximum Gasteiger partial charge on any atom is 0.397 e. The minimum Gasteiger partial charge on any atom is -0.392 e. The first kappa shape index (κ1) is 16.8. The van der Waals surface area contributed by atoms with Crippen LogP contribution >= 0.6 is 0 Å². The third kappa shape index (κ3) is 5.31. The minimum absolute atomic E-state index is 0.0709. The lowest BCUT2D eigenvalue weighted by atomic mass is 10.1. The van der Waals surface area contributed by atoms with Crippen molar-refractivity contribution in [2.45, 2.75) is 38.2 Å². The number of carbonyl (C=O) groups is 1. The Morgan fingerprint density at radius 3 is 2.59 bits per heavy atom. The molecule has 122 valence electrons. The van der Waals surface area contributed by atoms with Gasteiger partial charge in [-0.25, -0.2) is 0 Å². The number of amides is 1. The number of halogens is 3. The Kier molecular flexibility index (Phi) is 5.42. The SMILES string of the molecule is O=C(CC(F)(F)F)NCc1ccccc1CN1CCC(O)C1. The topological polar surface area (TPSA) is 52.6 Å². The summed E-state index contributed by atoms with van der Waals surface area (Å²) in [7, 11) is 0. The second-order valence-corrected chi connectivity index (χ2v) is 5.52. The van der Waals surface area contributed by atoms with Crippen molar-refractivity contribution in [3.63, 3.8) is 0 Å². The first-order chi connectivity index (χ1) is 10.3. The number of hydrogen-bond donors (Lipinski definition) is 2. The van der Waals surface area contributed by atoms with E-state index in [-0.39, 0.29) is 12.6 Å². The van der Waals surface area contributed by atoms with E-state index >= 15 is 0 Å². The molecule has 1 aliphatic heterocycles. The fraction of sp³-hybridized carbons (Fsp3) is 0.533. The van der Waals surface area contributed by atoms with Gasteiger partial charge < -0.3 is 10.4 Å². The zero-order chi connectivity index (χ0) is 16.2. The maximum atomic E-state index is 12.1. The molecule has 0 saturated carbocycles. The average Bonchev–Trinajstić information content (AvgIpc) is 2.81. The zero-order valence-corrected chi connectivity index (χ0v) is 12.1. The van der Waals surface area contributed by atoms with Crippen molar-refractivity contribution in [3.8, 4) is 0 Å². The molecule has 0 aromatic heterocycles. The van der Waals surface area contributed by atoms with Gasteiger partial charge in [-0.1, -0.05) is 24.3 Å². The predicted octanol–water partition coefficient (Wildman–Crippen LogP) is 1.82. The molecule has 0 radical (unpaired) electrons. The van der Waals surface area contributed by atoms with Gasteiger partial charge in [-0.3, -0.25) is 9.69 Å². The van der Waals surface area contributed by atoms with E-state index in [2.05, 4.69) is 10.2 Å². The Hall–Kier alpha value is -1.60. The van der Waals surface area contributed by atoms with E-state index in [1.165, 1.54) is 0 Å². The molecular formula is C15H19F3N2O2. The van der Waals surface area contributed by atoms with Crippen molar-refractivity contribution in [1.82, 2.24) is 10.2 Å². The number of likely N-dealkylation sites (tertiary alicyclic amines) is 1. The standard InChI is InChI=1S/C15H19F3N2O2/c16-15(17,18)7-14(22)19-8-11-3-1-2-4-12(11)9-20-6-5-13(21)10-20/h1-4,13,21H,5-10H2,(H,19,22). The Balaban J connectivity index is 1.92. The van der Waals surface area contributed by atoms with Crippen LogP contribution in [0.2, 0.25) is 0 Å². The number of nitrogens with zero attached hydrogens (tertiary/aromatic N) is 1. The van der Waals surface area contributed by atoms with E-state index in [0.29, 0.717) is 13.1 Å². The predicted molar refractivity (Wildman–Crippen MR) is 74.9 cm³/mol.